The van der Waals surface area contributed by atoms with E-state index in [0.29, 0.717) is 6.04 Å². The number of hydrogen-bond acceptors (Lipinski definition) is 4. The Hall–Kier alpha value is -1.94. The van der Waals surface area contributed by atoms with Crippen LogP contribution in [0.4, 0.5) is 0 Å². The summed E-state index contributed by atoms with van der Waals surface area (Å²) in [6.07, 6.45) is 10.5. The molecule has 1 fully saturated rings. The summed E-state index contributed by atoms with van der Waals surface area (Å²) in [5.41, 5.74) is 4.07. The zero-order valence-electron chi connectivity index (χ0n) is 17.5. The molecule has 1 aromatic rings. The van der Waals surface area contributed by atoms with E-state index in [9.17, 15) is 0 Å². The number of methoxy groups -OCH3 is 2. The molecule has 0 amide bonds. The summed E-state index contributed by atoms with van der Waals surface area (Å²) in [4.78, 5) is 2.60. The average Bonchev–Trinajstić information content (AvgIpc) is 3.05. The minimum absolute atomic E-state index is 0.104. The van der Waals surface area contributed by atoms with Crippen LogP contribution in [0.15, 0.2) is 35.6 Å². The van der Waals surface area contributed by atoms with Gasteiger partial charge in [0.1, 0.15) is 5.76 Å². The molecule has 0 N–H and O–H groups in total. The van der Waals surface area contributed by atoms with Crippen molar-refractivity contribution in [2.75, 3.05) is 27.8 Å². The molecular formula is C24H31NO3. The number of rotatable bonds is 6. The Labute approximate surface area is 168 Å². The van der Waals surface area contributed by atoms with Crippen LogP contribution in [0.2, 0.25) is 0 Å². The SMILES string of the molecule is CC[C@]12C3=CC=C(OC)C1Oc1c(OC)ccc(c12)C[C@@H]3N(C)CC1CCC1. The minimum atomic E-state index is -0.157. The van der Waals surface area contributed by atoms with Gasteiger partial charge in [-0.25, -0.2) is 0 Å². The Morgan fingerprint density at radius 1 is 1.18 bits per heavy atom. The van der Waals surface area contributed by atoms with E-state index in [1.807, 2.05) is 0 Å². The summed E-state index contributed by atoms with van der Waals surface area (Å²) in [7, 11) is 5.79. The molecule has 4 nitrogen and oxygen atoms in total. The molecule has 0 radical (unpaired) electrons. The van der Waals surface area contributed by atoms with Gasteiger partial charge in [-0.3, -0.25) is 4.90 Å². The lowest BCUT2D eigenvalue weighted by Gasteiger charge is -2.48. The number of ether oxygens (including phenoxy) is 3. The standard InChI is InChI=1S/C24H31NO3/c1-5-24-17-10-12-20(27-4)23(24)28-22-19(26-3)11-9-16(21(22)24)13-18(17)25(2)14-15-7-6-8-15/h9-12,15,18,23H,5-8,13-14H2,1-4H3/t18-,23?,24+/m0/s1. The first-order valence-corrected chi connectivity index (χ1v) is 10.7. The molecule has 4 heteroatoms. The van der Waals surface area contributed by atoms with Crippen LogP contribution < -0.4 is 9.47 Å². The fourth-order valence-electron chi connectivity index (χ4n) is 5.97. The number of nitrogens with zero attached hydrogens (tertiary/aromatic N) is 1. The van der Waals surface area contributed by atoms with Gasteiger partial charge in [0.15, 0.2) is 17.6 Å². The first kappa shape index (κ1) is 18.1. The van der Waals surface area contributed by atoms with Crippen molar-refractivity contribution in [3.05, 3.63) is 46.7 Å². The molecule has 4 aliphatic rings. The summed E-state index contributed by atoms with van der Waals surface area (Å²) in [5.74, 6) is 3.53. The van der Waals surface area contributed by atoms with Crippen molar-refractivity contribution in [2.45, 2.75) is 56.6 Å². The van der Waals surface area contributed by atoms with Gasteiger partial charge >= 0.3 is 0 Å². The van der Waals surface area contributed by atoms with Crippen molar-refractivity contribution < 1.29 is 14.2 Å². The van der Waals surface area contributed by atoms with Crippen LogP contribution in [0.1, 0.15) is 43.7 Å². The zero-order valence-corrected chi connectivity index (χ0v) is 17.5. The molecule has 1 saturated carbocycles. The van der Waals surface area contributed by atoms with Gasteiger partial charge in [0, 0.05) is 18.2 Å². The van der Waals surface area contributed by atoms with E-state index in [4.69, 9.17) is 14.2 Å². The fourth-order valence-corrected chi connectivity index (χ4v) is 5.97. The first-order chi connectivity index (χ1) is 13.6. The molecule has 0 spiro atoms. The normalized spacial score (nSPS) is 30.2. The third kappa shape index (κ3) is 2.27. The third-order valence-electron chi connectivity index (χ3n) is 7.63. The summed E-state index contributed by atoms with van der Waals surface area (Å²) in [6, 6.07) is 4.74. The van der Waals surface area contributed by atoms with E-state index in [1.165, 1.54) is 42.5 Å². The highest BCUT2D eigenvalue weighted by Gasteiger charge is 2.59. The quantitative estimate of drug-likeness (QED) is 0.738. The second-order valence-corrected chi connectivity index (χ2v) is 8.81. The third-order valence-corrected chi connectivity index (χ3v) is 7.63. The fraction of sp³-hybridized carbons (Fsp3) is 0.583. The van der Waals surface area contributed by atoms with E-state index in [0.717, 1.165) is 36.0 Å². The van der Waals surface area contributed by atoms with Crippen LogP contribution in [0, 0.1) is 5.92 Å². The van der Waals surface area contributed by atoms with Crippen LogP contribution in [-0.4, -0.2) is 44.9 Å². The van der Waals surface area contributed by atoms with Gasteiger partial charge in [-0.1, -0.05) is 25.5 Å². The maximum Gasteiger partial charge on any atom is 0.169 e. The second-order valence-electron chi connectivity index (χ2n) is 8.81. The molecule has 28 heavy (non-hydrogen) atoms. The molecule has 0 saturated heterocycles. The summed E-state index contributed by atoms with van der Waals surface area (Å²) in [5, 5.41) is 0. The predicted octanol–water partition coefficient (Wildman–Crippen LogP) is 4.23. The summed E-state index contributed by atoms with van der Waals surface area (Å²) < 4.78 is 18.0. The van der Waals surface area contributed by atoms with Gasteiger partial charge in [-0.05, 0) is 61.9 Å². The highest BCUT2D eigenvalue weighted by atomic mass is 16.6. The molecule has 1 aliphatic heterocycles. The molecule has 0 bridgehead atoms. The molecule has 0 aromatic heterocycles. The molecule has 5 rings (SSSR count). The zero-order chi connectivity index (χ0) is 19.5. The Morgan fingerprint density at radius 3 is 2.64 bits per heavy atom. The Bertz CT molecular complexity index is 854. The van der Waals surface area contributed by atoms with Crippen molar-refractivity contribution in [1.29, 1.82) is 0 Å². The first-order valence-electron chi connectivity index (χ1n) is 10.7. The summed E-state index contributed by atoms with van der Waals surface area (Å²) >= 11 is 0. The molecule has 3 aliphatic carbocycles. The van der Waals surface area contributed by atoms with Crippen molar-refractivity contribution in [3.8, 4) is 11.5 Å². The minimum Gasteiger partial charge on any atom is -0.497 e. The molecule has 3 atom stereocenters. The van der Waals surface area contributed by atoms with Crippen molar-refractivity contribution in [1.82, 2.24) is 4.90 Å². The maximum absolute atomic E-state index is 6.59. The van der Waals surface area contributed by atoms with Crippen molar-refractivity contribution in [2.24, 2.45) is 5.92 Å². The van der Waals surface area contributed by atoms with Crippen LogP contribution in [0.5, 0.6) is 11.5 Å². The average molecular weight is 382 g/mol. The van der Waals surface area contributed by atoms with Gasteiger partial charge in [0.2, 0.25) is 0 Å². The number of benzene rings is 1. The molecule has 150 valence electrons. The largest absolute Gasteiger partial charge is 0.497 e. The smallest absolute Gasteiger partial charge is 0.169 e. The molecule has 1 heterocycles. The number of hydrogen-bond donors (Lipinski definition) is 0. The highest BCUT2D eigenvalue weighted by molar-refractivity contribution is 5.67. The van der Waals surface area contributed by atoms with E-state index in [-0.39, 0.29) is 11.5 Å². The topological polar surface area (TPSA) is 30.9 Å². The lowest BCUT2D eigenvalue weighted by molar-refractivity contribution is 0.0968. The molecule has 1 aromatic carbocycles. The van der Waals surface area contributed by atoms with Gasteiger partial charge in [0.05, 0.1) is 19.6 Å². The van der Waals surface area contributed by atoms with Crippen molar-refractivity contribution in [3.63, 3.8) is 0 Å². The summed E-state index contributed by atoms with van der Waals surface area (Å²) in [6.45, 7) is 3.47. The van der Waals surface area contributed by atoms with E-state index >= 15 is 0 Å². The van der Waals surface area contributed by atoms with Gasteiger partial charge in [0.25, 0.3) is 0 Å². The Balaban J connectivity index is 1.66. The van der Waals surface area contributed by atoms with Crippen LogP contribution in [0.25, 0.3) is 0 Å². The van der Waals surface area contributed by atoms with Crippen molar-refractivity contribution >= 4 is 0 Å². The molecule has 1 unspecified atom stereocenters. The van der Waals surface area contributed by atoms with Crippen LogP contribution in [0.3, 0.4) is 0 Å². The Kier molecular flexibility index (Phi) is 4.24. The predicted molar refractivity (Wildman–Crippen MR) is 110 cm³/mol. The van der Waals surface area contributed by atoms with E-state index in [1.54, 1.807) is 14.2 Å². The molecular weight excluding hydrogens is 350 g/mol. The second kappa shape index (κ2) is 6.55. The number of likely N-dealkylation sites (N-methyl/N-ethyl adjacent to an activating group) is 1. The number of allylic oxidation sites excluding steroid dienone is 2. The lowest BCUT2D eigenvalue weighted by Crippen LogP contribution is -2.53. The van der Waals surface area contributed by atoms with E-state index in [2.05, 4.69) is 43.2 Å². The van der Waals surface area contributed by atoms with Crippen LogP contribution in [-0.2, 0) is 16.6 Å². The van der Waals surface area contributed by atoms with E-state index < -0.39 is 0 Å². The Morgan fingerprint density at radius 2 is 2.00 bits per heavy atom. The highest BCUT2D eigenvalue weighted by Crippen LogP contribution is 2.61. The monoisotopic (exact) mass is 381 g/mol. The van der Waals surface area contributed by atoms with Gasteiger partial charge in [-0.2, -0.15) is 0 Å². The lowest BCUT2D eigenvalue weighted by atomic mass is 9.59. The van der Waals surface area contributed by atoms with Crippen LogP contribution >= 0.6 is 0 Å². The maximum atomic E-state index is 6.59. The van der Waals surface area contributed by atoms with Gasteiger partial charge < -0.3 is 14.2 Å². The van der Waals surface area contributed by atoms with Gasteiger partial charge in [-0.15, -0.1) is 0 Å².